The van der Waals surface area contributed by atoms with E-state index in [-0.39, 0.29) is 24.5 Å². The van der Waals surface area contributed by atoms with Crippen LogP contribution in [0.15, 0.2) is 18.3 Å². The Hall–Kier alpha value is -1.29. The number of carbonyl (C=O) groups is 1. The van der Waals surface area contributed by atoms with E-state index in [0.29, 0.717) is 5.69 Å². The van der Waals surface area contributed by atoms with Gasteiger partial charge in [-0.05, 0) is 31.4 Å². The highest BCUT2D eigenvalue weighted by Gasteiger charge is 2.16. The molecule has 1 aromatic heterocycles. The van der Waals surface area contributed by atoms with Gasteiger partial charge in [0.05, 0.1) is 0 Å². The smallest absolute Gasteiger partial charge is 0.268 e. The fourth-order valence-corrected chi connectivity index (χ4v) is 1.64. The summed E-state index contributed by atoms with van der Waals surface area (Å²) in [6.45, 7) is 6.83. The van der Waals surface area contributed by atoms with Crippen LogP contribution in [0.4, 0.5) is 0 Å². The highest BCUT2D eigenvalue weighted by atomic mass is 16.3. The van der Waals surface area contributed by atoms with Crippen molar-refractivity contribution < 1.29 is 9.90 Å². The molecular formula is C13H22N2O2. The second-order valence-electron chi connectivity index (χ2n) is 4.51. The molecule has 1 amide bonds. The van der Waals surface area contributed by atoms with Gasteiger partial charge in [0.15, 0.2) is 0 Å². The second-order valence-corrected chi connectivity index (χ2v) is 4.51. The summed E-state index contributed by atoms with van der Waals surface area (Å²) in [5.41, 5.74) is 0.684. The topological polar surface area (TPSA) is 54.3 Å². The first kappa shape index (κ1) is 13.8. The minimum Gasteiger partial charge on any atom is -0.396 e. The Morgan fingerprint density at radius 1 is 1.53 bits per heavy atom. The third kappa shape index (κ3) is 3.60. The van der Waals surface area contributed by atoms with Gasteiger partial charge in [-0.25, -0.2) is 0 Å². The number of nitrogens with one attached hydrogen (secondary N) is 1. The van der Waals surface area contributed by atoms with Crippen molar-refractivity contribution in [3.05, 3.63) is 24.0 Å². The first-order chi connectivity index (χ1) is 8.10. The summed E-state index contributed by atoms with van der Waals surface area (Å²) in [4.78, 5) is 12.0. The lowest BCUT2D eigenvalue weighted by Crippen LogP contribution is -2.39. The van der Waals surface area contributed by atoms with Gasteiger partial charge >= 0.3 is 0 Å². The largest absolute Gasteiger partial charge is 0.396 e. The Morgan fingerprint density at radius 3 is 2.82 bits per heavy atom. The molecule has 0 saturated heterocycles. The van der Waals surface area contributed by atoms with E-state index in [0.717, 1.165) is 13.0 Å². The molecule has 0 saturated carbocycles. The second kappa shape index (κ2) is 6.45. The van der Waals surface area contributed by atoms with Crippen LogP contribution in [0.5, 0.6) is 0 Å². The summed E-state index contributed by atoms with van der Waals surface area (Å²) in [5, 5.41) is 11.9. The molecule has 1 aromatic rings. The van der Waals surface area contributed by atoms with Gasteiger partial charge < -0.3 is 15.0 Å². The molecule has 0 aliphatic carbocycles. The summed E-state index contributed by atoms with van der Waals surface area (Å²) in [6, 6.07) is 3.67. The van der Waals surface area contributed by atoms with E-state index in [2.05, 4.69) is 12.2 Å². The standard InChI is InChI=1S/C13H22N2O2/c1-4-7-15-8-5-6-12(15)13(17)14-11(3)10(2)9-16/h5-6,8,10-11,16H,4,7,9H2,1-3H3,(H,14,17). The molecule has 0 spiro atoms. The van der Waals surface area contributed by atoms with Crippen molar-refractivity contribution in [2.75, 3.05) is 6.61 Å². The fourth-order valence-electron chi connectivity index (χ4n) is 1.64. The highest BCUT2D eigenvalue weighted by Crippen LogP contribution is 2.06. The predicted octanol–water partition coefficient (Wildman–Crippen LogP) is 1.64. The van der Waals surface area contributed by atoms with Gasteiger partial charge in [0.2, 0.25) is 0 Å². The van der Waals surface area contributed by atoms with Gasteiger partial charge in [0, 0.05) is 25.4 Å². The number of carbonyl (C=O) groups excluding carboxylic acids is 1. The lowest BCUT2D eigenvalue weighted by atomic mass is 10.1. The number of aliphatic hydroxyl groups excluding tert-OH is 1. The van der Waals surface area contributed by atoms with Crippen molar-refractivity contribution in [3.8, 4) is 0 Å². The molecular weight excluding hydrogens is 216 g/mol. The molecule has 0 aliphatic rings. The first-order valence-corrected chi connectivity index (χ1v) is 6.17. The number of aliphatic hydroxyl groups is 1. The van der Waals surface area contributed by atoms with Crippen LogP contribution in [0.25, 0.3) is 0 Å². The van der Waals surface area contributed by atoms with Crippen LogP contribution in [0, 0.1) is 5.92 Å². The van der Waals surface area contributed by atoms with Gasteiger partial charge in [0.1, 0.15) is 5.69 Å². The zero-order chi connectivity index (χ0) is 12.8. The van der Waals surface area contributed by atoms with E-state index in [4.69, 9.17) is 5.11 Å². The normalized spacial score (nSPS) is 14.4. The minimum absolute atomic E-state index is 0.0301. The number of amides is 1. The van der Waals surface area contributed by atoms with Crippen LogP contribution in [-0.2, 0) is 6.54 Å². The van der Waals surface area contributed by atoms with Crippen LogP contribution >= 0.6 is 0 Å². The molecule has 17 heavy (non-hydrogen) atoms. The summed E-state index contributed by atoms with van der Waals surface area (Å²) < 4.78 is 1.95. The van der Waals surface area contributed by atoms with Gasteiger partial charge in [0.25, 0.3) is 5.91 Å². The maximum absolute atomic E-state index is 12.0. The number of rotatable bonds is 6. The molecule has 0 bridgehead atoms. The SMILES string of the molecule is CCCn1cccc1C(=O)NC(C)C(C)CO. The third-order valence-corrected chi connectivity index (χ3v) is 3.03. The number of hydrogen-bond donors (Lipinski definition) is 2. The van der Waals surface area contributed by atoms with Crippen molar-refractivity contribution in [2.24, 2.45) is 5.92 Å². The zero-order valence-corrected chi connectivity index (χ0v) is 10.8. The Balaban J connectivity index is 2.66. The van der Waals surface area contributed by atoms with Crippen molar-refractivity contribution in [2.45, 2.75) is 39.8 Å². The van der Waals surface area contributed by atoms with Gasteiger partial charge in [-0.1, -0.05) is 13.8 Å². The predicted molar refractivity (Wildman–Crippen MR) is 67.9 cm³/mol. The maximum atomic E-state index is 12.0. The average Bonchev–Trinajstić information content (AvgIpc) is 2.76. The molecule has 0 fully saturated rings. The number of nitrogens with zero attached hydrogens (tertiary/aromatic N) is 1. The van der Waals surface area contributed by atoms with Gasteiger partial charge in [-0.2, -0.15) is 0 Å². The van der Waals surface area contributed by atoms with Gasteiger partial charge in [-0.15, -0.1) is 0 Å². The van der Waals surface area contributed by atoms with Crippen LogP contribution in [0.1, 0.15) is 37.7 Å². The van der Waals surface area contributed by atoms with Crippen LogP contribution in [0.2, 0.25) is 0 Å². The average molecular weight is 238 g/mol. The highest BCUT2D eigenvalue weighted by molar-refractivity contribution is 5.92. The molecule has 4 heteroatoms. The van der Waals surface area contributed by atoms with Crippen molar-refractivity contribution in [1.29, 1.82) is 0 Å². The molecule has 0 radical (unpaired) electrons. The molecule has 2 unspecified atom stereocenters. The van der Waals surface area contributed by atoms with Crippen molar-refractivity contribution >= 4 is 5.91 Å². The molecule has 2 N–H and O–H groups in total. The van der Waals surface area contributed by atoms with Crippen molar-refractivity contribution in [3.63, 3.8) is 0 Å². The third-order valence-electron chi connectivity index (χ3n) is 3.03. The van der Waals surface area contributed by atoms with E-state index < -0.39 is 0 Å². The molecule has 0 aromatic carbocycles. The maximum Gasteiger partial charge on any atom is 0.268 e. The van der Waals surface area contributed by atoms with Gasteiger partial charge in [-0.3, -0.25) is 4.79 Å². The Labute approximate surface area is 103 Å². The number of aromatic nitrogens is 1. The quantitative estimate of drug-likeness (QED) is 0.791. The molecule has 1 rings (SSSR count). The molecule has 96 valence electrons. The lowest BCUT2D eigenvalue weighted by Gasteiger charge is -2.19. The summed E-state index contributed by atoms with van der Waals surface area (Å²) in [6.07, 6.45) is 2.91. The van der Waals surface area contributed by atoms with Crippen LogP contribution in [0.3, 0.4) is 0 Å². The summed E-state index contributed by atoms with van der Waals surface area (Å²) in [5.74, 6) is -0.00946. The fraction of sp³-hybridized carbons (Fsp3) is 0.615. The van der Waals surface area contributed by atoms with Crippen LogP contribution < -0.4 is 5.32 Å². The van der Waals surface area contributed by atoms with E-state index in [1.165, 1.54) is 0 Å². The lowest BCUT2D eigenvalue weighted by molar-refractivity contribution is 0.0907. The van der Waals surface area contributed by atoms with Crippen LogP contribution in [-0.4, -0.2) is 28.2 Å². The molecule has 4 nitrogen and oxygen atoms in total. The summed E-state index contributed by atoms with van der Waals surface area (Å²) >= 11 is 0. The first-order valence-electron chi connectivity index (χ1n) is 6.17. The Kier molecular flexibility index (Phi) is 5.22. The Bertz CT molecular complexity index is 360. The zero-order valence-electron chi connectivity index (χ0n) is 10.8. The Morgan fingerprint density at radius 2 is 2.24 bits per heavy atom. The molecule has 0 aliphatic heterocycles. The van der Waals surface area contributed by atoms with E-state index >= 15 is 0 Å². The molecule has 2 atom stereocenters. The molecule has 1 heterocycles. The summed E-state index contributed by atoms with van der Waals surface area (Å²) in [7, 11) is 0. The minimum atomic E-state index is -0.0729. The van der Waals surface area contributed by atoms with Crippen molar-refractivity contribution in [1.82, 2.24) is 9.88 Å². The monoisotopic (exact) mass is 238 g/mol. The van der Waals surface area contributed by atoms with E-state index in [9.17, 15) is 4.79 Å². The van der Waals surface area contributed by atoms with E-state index in [1.807, 2.05) is 36.7 Å². The number of aryl methyl sites for hydroxylation is 1. The number of hydrogen-bond acceptors (Lipinski definition) is 2. The van der Waals surface area contributed by atoms with E-state index in [1.54, 1.807) is 0 Å².